The molecule has 0 fully saturated rings. The first-order chi connectivity index (χ1) is 4.74. The van der Waals surface area contributed by atoms with Crippen molar-refractivity contribution in [2.75, 3.05) is 0 Å². The summed E-state index contributed by atoms with van der Waals surface area (Å²) in [7, 11) is 0. The maximum absolute atomic E-state index is 9.01. The van der Waals surface area contributed by atoms with Crippen molar-refractivity contribution in [3.63, 3.8) is 0 Å². The normalized spacial score (nSPS) is 9.80. The Bertz CT molecular complexity index is 233. The molecule has 2 heteroatoms. The summed E-state index contributed by atoms with van der Waals surface area (Å²) in [5.74, 6) is 0.283. The lowest BCUT2D eigenvalue weighted by Gasteiger charge is -2.01. The molecule has 0 aliphatic heterocycles. The van der Waals surface area contributed by atoms with Crippen LogP contribution < -0.4 is 5.73 Å². The van der Waals surface area contributed by atoms with Gasteiger partial charge >= 0.3 is 0 Å². The second-order valence-corrected chi connectivity index (χ2v) is 2.31. The topological polar surface area (TPSA) is 46.2 Å². The highest BCUT2D eigenvalue weighted by Crippen LogP contribution is 2.14. The lowest BCUT2D eigenvalue weighted by Crippen LogP contribution is -1.97. The maximum atomic E-state index is 9.01. The van der Waals surface area contributed by atoms with Crippen LogP contribution in [0.4, 0.5) is 0 Å². The molecule has 1 rings (SSSR count). The Morgan fingerprint density at radius 1 is 1.50 bits per heavy atom. The molecule has 3 N–H and O–H groups in total. The molecule has 0 aromatic heterocycles. The molecule has 1 aromatic carbocycles. The number of benzene rings is 1. The van der Waals surface area contributed by atoms with Crippen LogP contribution in [0.1, 0.15) is 11.1 Å². The van der Waals surface area contributed by atoms with Gasteiger partial charge in [-0.1, -0.05) is 6.07 Å². The molecule has 0 bridgehead atoms. The van der Waals surface area contributed by atoms with Gasteiger partial charge in [0, 0.05) is 6.54 Å². The van der Waals surface area contributed by atoms with Crippen LogP contribution in [-0.4, -0.2) is 5.11 Å². The van der Waals surface area contributed by atoms with Crippen LogP contribution in [0, 0.1) is 6.92 Å². The average Bonchev–Trinajstić information content (AvgIpc) is 1.94. The summed E-state index contributed by atoms with van der Waals surface area (Å²) in [6.45, 7) is 2.46. The molecule has 10 heavy (non-hydrogen) atoms. The Balaban J connectivity index is 3.09. The van der Waals surface area contributed by atoms with Crippen LogP contribution in [0.25, 0.3) is 0 Å². The van der Waals surface area contributed by atoms with E-state index in [9.17, 15) is 0 Å². The van der Waals surface area contributed by atoms with Crippen molar-refractivity contribution in [1.82, 2.24) is 0 Å². The van der Waals surface area contributed by atoms with Gasteiger partial charge in [-0.3, -0.25) is 0 Å². The highest BCUT2D eigenvalue weighted by Gasteiger charge is 1.95. The first-order valence-corrected chi connectivity index (χ1v) is 3.22. The number of hydrogen-bond acceptors (Lipinski definition) is 2. The number of phenolic OH excluding ortho intramolecular Hbond substituents is 1. The standard InChI is InChI=1S/C8H11NO/c1-6-2-3-8(10)4-7(6)5-9/h2-4,10H,5,9H2,1H3. The summed E-state index contributed by atoms with van der Waals surface area (Å²) in [5, 5.41) is 9.01. The lowest BCUT2D eigenvalue weighted by molar-refractivity contribution is 0.474. The van der Waals surface area contributed by atoms with E-state index in [-0.39, 0.29) is 5.75 Å². The molecule has 54 valence electrons. The summed E-state index contributed by atoms with van der Waals surface area (Å²) >= 11 is 0. The smallest absolute Gasteiger partial charge is 0.115 e. The van der Waals surface area contributed by atoms with E-state index in [0.717, 1.165) is 11.1 Å². The second-order valence-electron chi connectivity index (χ2n) is 2.31. The van der Waals surface area contributed by atoms with Gasteiger partial charge in [0.2, 0.25) is 0 Å². The van der Waals surface area contributed by atoms with Crippen LogP contribution in [0.15, 0.2) is 18.2 Å². The zero-order valence-electron chi connectivity index (χ0n) is 5.96. The SMILES string of the molecule is Cc1ccc(O)cc1CN. The van der Waals surface area contributed by atoms with Gasteiger partial charge in [0.1, 0.15) is 5.75 Å². The van der Waals surface area contributed by atoms with E-state index in [1.165, 1.54) is 0 Å². The van der Waals surface area contributed by atoms with Crippen LogP contribution in [-0.2, 0) is 6.54 Å². The molecule has 0 amide bonds. The van der Waals surface area contributed by atoms with E-state index in [1.807, 2.05) is 13.0 Å². The Morgan fingerprint density at radius 2 is 2.20 bits per heavy atom. The van der Waals surface area contributed by atoms with Crippen molar-refractivity contribution < 1.29 is 5.11 Å². The molecule has 0 aliphatic rings. The number of rotatable bonds is 1. The fourth-order valence-electron chi connectivity index (χ4n) is 0.878. The molecular weight excluding hydrogens is 126 g/mol. The minimum atomic E-state index is 0.283. The fourth-order valence-corrected chi connectivity index (χ4v) is 0.878. The quantitative estimate of drug-likeness (QED) is 0.610. The van der Waals surface area contributed by atoms with Gasteiger partial charge in [0.05, 0.1) is 0 Å². The van der Waals surface area contributed by atoms with E-state index in [4.69, 9.17) is 10.8 Å². The van der Waals surface area contributed by atoms with Gasteiger partial charge in [-0.25, -0.2) is 0 Å². The number of aryl methyl sites for hydroxylation is 1. The molecule has 0 atom stereocenters. The van der Waals surface area contributed by atoms with Gasteiger partial charge in [0.15, 0.2) is 0 Å². The zero-order valence-corrected chi connectivity index (χ0v) is 5.96. The minimum absolute atomic E-state index is 0.283. The first-order valence-electron chi connectivity index (χ1n) is 3.22. The van der Waals surface area contributed by atoms with Crippen LogP contribution in [0.5, 0.6) is 5.75 Å². The van der Waals surface area contributed by atoms with Crippen molar-refractivity contribution >= 4 is 0 Å². The first kappa shape index (κ1) is 7.09. The summed E-state index contributed by atoms with van der Waals surface area (Å²) < 4.78 is 0. The molecule has 2 nitrogen and oxygen atoms in total. The van der Waals surface area contributed by atoms with Gasteiger partial charge in [0.25, 0.3) is 0 Å². The average molecular weight is 137 g/mol. The van der Waals surface area contributed by atoms with Crippen molar-refractivity contribution in [1.29, 1.82) is 0 Å². The van der Waals surface area contributed by atoms with Crippen molar-refractivity contribution in [3.05, 3.63) is 29.3 Å². The molecular formula is C8H11NO. The number of nitrogens with two attached hydrogens (primary N) is 1. The van der Waals surface area contributed by atoms with Crippen LogP contribution >= 0.6 is 0 Å². The molecule has 0 radical (unpaired) electrons. The predicted octanol–water partition coefficient (Wildman–Crippen LogP) is 1.16. The molecule has 0 unspecified atom stereocenters. The molecule has 1 aromatic rings. The van der Waals surface area contributed by atoms with Crippen molar-refractivity contribution in [3.8, 4) is 5.75 Å². The Morgan fingerprint density at radius 3 is 2.70 bits per heavy atom. The predicted molar refractivity (Wildman–Crippen MR) is 40.7 cm³/mol. The Hall–Kier alpha value is -1.02. The second kappa shape index (κ2) is 2.71. The van der Waals surface area contributed by atoms with E-state index in [2.05, 4.69) is 0 Å². The molecule has 0 saturated heterocycles. The summed E-state index contributed by atoms with van der Waals surface area (Å²) in [5.41, 5.74) is 7.53. The third kappa shape index (κ3) is 1.28. The van der Waals surface area contributed by atoms with E-state index < -0.39 is 0 Å². The zero-order chi connectivity index (χ0) is 7.56. The van der Waals surface area contributed by atoms with Gasteiger partial charge in [-0.15, -0.1) is 0 Å². The van der Waals surface area contributed by atoms with E-state index >= 15 is 0 Å². The summed E-state index contributed by atoms with van der Waals surface area (Å²) in [6.07, 6.45) is 0. The monoisotopic (exact) mass is 137 g/mol. The van der Waals surface area contributed by atoms with Gasteiger partial charge in [-0.2, -0.15) is 0 Å². The number of hydrogen-bond donors (Lipinski definition) is 2. The highest BCUT2D eigenvalue weighted by molar-refractivity contribution is 5.33. The summed E-state index contributed by atoms with van der Waals surface area (Å²) in [4.78, 5) is 0. The lowest BCUT2D eigenvalue weighted by atomic mass is 10.1. The largest absolute Gasteiger partial charge is 0.508 e. The van der Waals surface area contributed by atoms with Crippen LogP contribution in [0.3, 0.4) is 0 Å². The molecule has 0 spiro atoms. The molecule has 0 aliphatic carbocycles. The molecule has 0 heterocycles. The Labute approximate surface area is 60.3 Å². The third-order valence-corrected chi connectivity index (χ3v) is 1.55. The number of phenols is 1. The minimum Gasteiger partial charge on any atom is -0.508 e. The highest BCUT2D eigenvalue weighted by atomic mass is 16.3. The van der Waals surface area contributed by atoms with Crippen molar-refractivity contribution in [2.45, 2.75) is 13.5 Å². The van der Waals surface area contributed by atoms with E-state index in [1.54, 1.807) is 12.1 Å². The Kier molecular flexibility index (Phi) is 1.92. The van der Waals surface area contributed by atoms with Gasteiger partial charge < -0.3 is 10.8 Å². The molecule has 0 saturated carbocycles. The maximum Gasteiger partial charge on any atom is 0.115 e. The fraction of sp³-hybridized carbons (Fsp3) is 0.250. The van der Waals surface area contributed by atoms with Gasteiger partial charge in [-0.05, 0) is 30.2 Å². The van der Waals surface area contributed by atoms with Crippen molar-refractivity contribution in [2.24, 2.45) is 5.73 Å². The summed E-state index contributed by atoms with van der Waals surface area (Å²) in [6, 6.07) is 5.21. The number of aromatic hydroxyl groups is 1. The third-order valence-electron chi connectivity index (χ3n) is 1.55. The van der Waals surface area contributed by atoms with Crippen LogP contribution in [0.2, 0.25) is 0 Å². The van der Waals surface area contributed by atoms with E-state index in [0.29, 0.717) is 6.54 Å².